The first kappa shape index (κ1) is 24.4. The average Bonchev–Trinajstić information content (AvgIpc) is 3.26. The van der Waals surface area contributed by atoms with Gasteiger partial charge in [-0.1, -0.05) is 83.8 Å². The van der Waals surface area contributed by atoms with Crippen LogP contribution in [0.25, 0.3) is 10.3 Å². The minimum atomic E-state index is -0.679. The summed E-state index contributed by atoms with van der Waals surface area (Å²) in [6.45, 7) is 5.70. The molecule has 0 radical (unpaired) electrons. The van der Waals surface area contributed by atoms with Crippen molar-refractivity contribution < 1.29 is 10.2 Å². The fraction of sp³-hybridized carbons (Fsp3) is 0.320. The monoisotopic (exact) mass is 495 g/mol. The fourth-order valence-corrected chi connectivity index (χ4v) is 5.05. The third-order valence-electron chi connectivity index (χ3n) is 5.26. The van der Waals surface area contributed by atoms with E-state index in [1.807, 2.05) is 69.3 Å². The zero-order chi connectivity index (χ0) is 24.1. The summed E-state index contributed by atoms with van der Waals surface area (Å²) >= 11 is 2.97. The first-order valence-electron chi connectivity index (χ1n) is 11.1. The molecule has 2 atom stereocenters. The molecule has 0 saturated carbocycles. The van der Waals surface area contributed by atoms with Gasteiger partial charge < -0.3 is 20.8 Å². The second kappa shape index (κ2) is 10.7. The van der Waals surface area contributed by atoms with Gasteiger partial charge in [-0.2, -0.15) is 4.98 Å². The molecular formula is C25H29N5O2S2. The van der Waals surface area contributed by atoms with Gasteiger partial charge in [0.2, 0.25) is 0 Å². The van der Waals surface area contributed by atoms with Crippen LogP contribution in [0.5, 0.6) is 0 Å². The Hall–Kier alpha value is -2.72. The van der Waals surface area contributed by atoms with E-state index in [0.717, 1.165) is 16.0 Å². The lowest BCUT2D eigenvalue weighted by molar-refractivity contribution is 0.161. The molecule has 4 N–H and O–H groups in total. The molecule has 0 saturated heterocycles. The molecule has 4 rings (SSSR count). The topological polar surface area (TPSA) is 103 Å². The summed E-state index contributed by atoms with van der Waals surface area (Å²) in [6.07, 6.45) is -0.679. The second-order valence-electron chi connectivity index (χ2n) is 8.76. The number of hydrogen-bond acceptors (Lipinski definition) is 9. The second-order valence-corrected chi connectivity index (χ2v) is 10.7. The molecule has 178 valence electrons. The minimum absolute atomic E-state index is 0.0464. The average molecular weight is 496 g/mol. The Labute approximate surface area is 207 Å². The number of anilines is 2. The highest BCUT2D eigenvalue weighted by Crippen LogP contribution is 2.35. The summed E-state index contributed by atoms with van der Waals surface area (Å²) in [5, 5.41) is 28.4. The Morgan fingerprint density at radius 1 is 1.00 bits per heavy atom. The number of thiazole rings is 1. The summed E-state index contributed by atoms with van der Waals surface area (Å²) in [7, 11) is 0. The summed E-state index contributed by atoms with van der Waals surface area (Å²) in [5.74, 6) is 1.38. The molecule has 2 aromatic carbocycles. The smallest absolute Gasteiger partial charge is 0.191 e. The van der Waals surface area contributed by atoms with E-state index in [1.54, 1.807) is 11.8 Å². The number of nitrogens with one attached hydrogen (secondary N) is 2. The van der Waals surface area contributed by atoms with Crippen molar-refractivity contribution in [3.05, 3.63) is 71.8 Å². The van der Waals surface area contributed by atoms with Gasteiger partial charge in [0.05, 0.1) is 24.3 Å². The first-order valence-corrected chi connectivity index (χ1v) is 12.9. The van der Waals surface area contributed by atoms with E-state index in [-0.39, 0.29) is 12.6 Å². The van der Waals surface area contributed by atoms with Gasteiger partial charge in [0.15, 0.2) is 21.8 Å². The van der Waals surface area contributed by atoms with Gasteiger partial charge in [0.1, 0.15) is 4.70 Å². The highest BCUT2D eigenvalue weighted by molar-refractivity contribution is 7.98. The quantitative estimate of drug-likeness (QED) is 0.178. The van der Waals surface area contributed by atoms with E-state index < -0.39 is 11.6 Å². The first-order chi connectivity index (χ1) is 16.3. The molecule has 34 heavy (non-hydrogen) atoms. The number of benzene rings is 2. The van der Waals surface area contributed by atoms with Crippen molar-refractivity contribution in [2.45, 2.75) is 49.4 Å². The van der Waals surface area contributed by atoms with Crippen LogP contribution >= 0.6 is 23.1 Å². The van der Waals surface area contributed by atoms with Crippen LogP contribution < -0.4 is 10.6 Å². The summed E-state index contributed by atoms with van der Waals surface area (Å²) < 4.78 is 0.800. The molecule has 0 aliphatic rings. The van der Waals surface area contributed by atoms with Crippen LogP contribution in [0.4, 0.5) is 10.9 Å². The number of nitrogens with zero attached hydrogens (tertiary/aromatic N) is 3. The number of fused-ring (bicyclic) bond motifs is 1. The number of aliphatic hydroxyl groups is 2. The van der Waals surface area contributed by atoms with Gasteiger partial charge in [0.25, 0.3) is 0 Å². The maximum Gasteiger partial charge on any atom is 0.191 e. The van der Waals surface area contributed by atoms with E-state index >= 15 is 0 Å². The van der Waals surface area contributed by atoms with Gasteiger partial charge in [0, 0.05) is 5.75 Å². The maximum atomic E-state index is 10.7. The molecule has 0 amide bonds. The molecule has 7 nitrogen and oxygen atoms in total. The van der Waals surface area contributed by atoms with Gasteiger partial charge in [-0.25, -0.2) is 9.97 Å². The van der Waals surface area contributed by atoms with E-state index in [1.165, 1.54) is 16.9 Å². The molecule has 2 aromatic heterocycles. The normalized spacial score (nSPS) is 13.6. The standard InChI is InChI=1S/C25H29N5O2S2/c1-16(19(32)18-12-8-5-9-13-18)26-24-28-21-20(34-24)22(30-25(2,3)15-31)29-23(27-21)33-14-17-10-6-4-7-11-17/h4-13,16,19,31-32H,14-15H2,1-3H3,(H2,26,27,28,29,30)/t16-,19?/m0/s1. The Kier molecular flexibility index (Phi) is 7.67. The van der Waals surface area contributed by atoms with Crippen LogP contribution in [0, 0.1) is 0 Å². The Morgan fingerprint density at radius 3 is 2.35 bits per heavy atom. The highest BCUT2D eigenvalue weighted by Gasteiger charge is 2.23. The van der Waals surface area contributed by atoms with Crippen molar-refractivity contribution in [2.75, 3.05) is 17.2 Å². The van der Waals surface area contributed by atoms with Gasteiger partial charge in [-0.3, -0.25) is 0 Å². The largest absolute Gasteiger partial charge is 0.394 e. The molecule has 0 bridgehead atoms. The Balaban J connectivity index is 1.60. The molecular weight excluding hydrogens is 466 g/mol. The predicted octanol–water partition coefficient (Wildman–Crippen LogP) is 5.10. The van der Waals surface area contributed by atoms with Crippen LogP contribution in [-0.4, -0.2) is 43.4 Å². The van der Waals surface area contributed by atoms with E-state index in [4.69, 9.17) is 9.97 Å². The van der Waals surface area contributed by atoms with Gasteiger partial charge in [-0.05, 0) is 31.9 Å². The number of hydrogen-bond donors (Lipinski definition) is 4. The Morgan fingerprint density at radius 2 is 1.68 bits per heavy atom. The molecule has 4 aromatic rings. The van der Waals surface area contributed by atoms with Crippen LogP contribution in [0.15, 0.2) is 65.8 Å². The summed E-state index contributed by atoms with van der Waals surface area (Å²) in [5.41, 5.74) is 2.05. The van der Waals surface area contributed by atoms with Gasteiger partial charge in [-0.15, -0.1) is 0 Å². The van der Waals surface area contributed by atoms with Crippen LogP contribution in [0.2, 0.25) is 0 Å². The van der Waals surface area contributed by atoms with Crippen molar-refractivity contribution in [3.8, 4) is 0 Å². The number of rotatable bonds is 10. The molecule has 0 aliphatic heterocycles. The summed E-state index contributed by atoms with van der Waals surface area (Å²) in [6, 6.07) is 19.5. The molecule has 2 heterocycles. The lowest BCUT2D eigenvalue weighted by Gasteiger charge is -2.24. The summed E-state index contributed by atoms with van der Waals surface area (Å²) in [4.78, 5) is 14.1. The number of aliphatic hydroxyl groups excluding tert-OH is 2. The van der Waals surface area contributed by atoms with Crippen LogP contribution in [-0.2, 0) is 5.75 Å². The zero-order valence-electron chi connectivity index (χ0n) is 19.4. The van der Waals surface area contributed by atoms with Crippen LogP contribution in [0.3, 0.4) is 0 Å². The van der Waals surface area contributed by atoms with Crippen molar-refractivity contribution in [3.63, 3.8) is 0 Å². The fourth-order valence-electron chi connectivity index (χ4n) is 3.31. The molecule has 0 aliphatic carbocycles. The molecule has 9 heteroatoms. The van der Waals surface area contributed by atoms with Crippen molar-refractivity contribution in [2.24, 2.45) is 0 Å². The lowest BCUT2D eigenvalue weighted by atomic mass is 10.0. The minimum Gasteiger partial charge on any atom is -0.394 e. The van der Waals surface area contributed by atoms with Crippen molar-refractivity contribution in [1.29, 1.82) is 0 Å². The van der Waals surface area contributed by atoms with Gasteiger partial charge >= 0.3 is 0 Å². The third-order valence-corrected chi connectivity index (χ3v) is 7.16. The maximum absolute atomic E-state index is 10.7. The molecule has 0 spiro atoms. The SMILES string of the molecule is C[C@H](Nc1nc2nc(SCc3ccccc3)nc(NC(C)(C)CO)c2s1)C(O)c1ccccc1. The lowest BCUT2D eigenvalue weighted by Crippen LogP contribution is -2.35. The van der Waals surface area contributed by atoms with E-state index in [2.05, 4.69) is 27.8 Å². The van der Waals surface area contributed by atoms with Crippen molar-refractivity contribution >= 4 is 44.4 Å². The van der Waals surface area contributed by atoms with Crippen molar-refractivity contribution in [1.82, 2.24) is 15.0 Å². The molecule has 1 unspecified atom stereocenters. The van der Waals surface area contributed by atoms with E-state index in [0.29, 0.717) is 21.8 Å². The third kappa shape index (κ3) is 6.04. The Bertz CT molecular complexity index is 1220. The molecule has 0 fully saturated rings. The number of thioether (sulfide) groups is 1. The van der Waals surface area contributed by atoms with E-state index in [9.17, 15) is 10.2 Å². The number of aromatic nitrogens is 3. The highest BCUT2D eigenvalue weighted by atomic mass is 32.2. The zero-order valence-corrected chi connectivity index (χ0v) is 21.0. The van der Waals surface area contributed by atoms with Crippen LogP contribution in [0.1, 0.15) is 38.0 Å². The predicted molar refractivity (Wildman–Crippen MR) is 140 cm³/mol.